The summed E-state index contributed by atoms with van der Waals surface area (Å²) < 4.78 is 33.6. The second kappa shape index (κ2) is 8.03. The van der Waals surface area contributed by atoms with Crippen LogP contribution >= 0.6 is 0 Å². The van der Waals surface area contributed by atoms with E-state index in [1.54, 1.807) is 30.3 Å². The average Bonchev–Trinajstić information content (AvgIpc) is 2.59. The molecule has 5 nitrogen and oxygen atoms in total. The molecule has 0 aliphatic rings. The summed E-state index contributed by atoms with van der Waals surface area (Å²) in [6.45, 7) is 0.554. The van der Waals surface area contributed by atoms with Crippen molar-refractivity contribution in [1.29, 1.82) is 0 Å². The molecule has 23 heavy (non-hydrogen) atoms. The Kier molecular flexibility index (Phi) is 5.80. The Bertz CT molecular complexity index is 655. The second-order valence-electron chi connectivity index (χ2n) is 4.51. The van der Waals surface area contributed by atoms with Gasteiger partial charge < -0.3 is 18.9 Å². The maximum absolute atomic E-state index is 12.8. The number of hydrogen-bond donors (Lipinski definition) is 0. The third-order valence-corrected chi connectivity index (χ3v) is 3.01. The molecule has 6 heteroatoms. The van der Waals surface area contributed by atoms with Crippen molar-refractivity contribution in [2.24, 2.45) is 0 Å². The van der Waals surface area contributed by atoms with Crippen molar-refractivity contribution >= 4 is 5.97 Å². The Hall–Kier alpha value is -2.76. The maximum Gasteiger partial charge on any atom is 0.337 e. The van der Waals surface area contributed by atoms with Crippen LogP contribution in [0.3, 0.4) is 0 Å². The number of esters is 1. The van der Waals surface area contributed by atoms with E-state index >= 15 is 0 Å². The van der Waals surface area contributed by atoms with Crippen LogP contribution < -0.4 is 14.2 Å². The van der Waals surface area contributed by atoms with E-state index in [1.807, 2.05) is 0 Å². The van der Waals surface area contributed by atoms with Crippen molar-refractivity contribution in [2.45, 2.75) is 0 Å². The van der Waals surface area contributed by atoms with Crippen LogP contribution in [0.1, 0.15) is 10.4 Å². The normalized spacial score (nSPS) is 10.0. The smallest absolute Gasteiger partial charge is 0.337 e. The number of ether oxygens (including phenoxy) is 4. The summed E-state index contributed by atoms with van der Waals surface area (Å²) >= 11 is 0. The van der Waals surface area contributed by atoms with Gasteiger partial charge in [0.15, 0.2) is 11.5 Å². The SMILES string of the molecule is COC(=O)c1ccc(OCCOc2ccc(F)cc2)c(OC)c1. The van der Waals surface area contributed by atoms with Gasteiger partial charge in [-0.15, -0.1) is 0 Å². The van der Waals surface area contributed by atoms with Crippen LogP contribution in [0.2, 0.25) is 0 Å². The van der Waals surface area contributed by atoms with Gasteiger partial charge in [-0.2, -0.15) is 0 Å². The zero-order valence-electron chi connectivity index (χ0n) is 12.9. The summed E-state index contributed by atoms with van der Waals surface area (Å²) in [6, 6.07) is 10.5. The molecule has 0 radical (unpaired) electrons. The predicted octanol–water partition coefficient (Wildman–Crippen LogP) is 3.08. The standard InChI is InChI=1S/C17H17FO5/c1-20-16-11-12(17(19)21-2)3-8-15(16)23-10-9-22-14-6-4-13(18)5-7-14/h3-8,11H,9-10H2,1-2H3. The lowest BCUT2D eigenvalue weighted by atomic mass is 10.2. The van der Waals surface area contributed by atoms with E-state index in [2.05, 4.69) is 4.74 Å². The fourth-order valence-corrected chi connectivity index (χ4v) is 1.87. The van der Waals surface area contributed by atoms with Gasteiger partial charge in [-0.25, -0.2) is 9.18 Å². The Balaban J connectivity index is 1.89. The summed E-state index contributed by atoms with van der Waals surface area (Å²) in [5.41, 5.74) is 0.374. The lowest BCUT2D eigenvalue weighted by Gasteiger charge is -2.12. The highest BCUT2D eigenvalue weighted by Crippen LogP contribution is 2.28. The van der Waals surface area contributed by atoms with Crippen LogP contribution in [0.4, 0.5) is 4.39 Å². The molecule has 0 atom stereocenters. The number of carbonyl (C=O) groups excluding carboxylic acids is 1. The largest absolute Gasteiger partial charge is 0.493 e. The van der Waals surface area contributed by atoms with E-state index in [-0.39, 0.29) is 19.0 Å². The van der Waals surface area contributed by atoms with E-state index in [0.717, 1.165) is 0 Å². The first-order chi connectivity index (χ1) is 11.1. The van der Waals surface area contributed by atoms with Crippen molar-refractivity contribution < 1.29 is 28.1 Å². The van der Waals surface area contributed by atoms with E-state index in [1.165, 1.54) is 26.4 Å². The van der Waals surface area contributed by atoms with Gasteiger partial charge in [0.2, 0.25) is 0 Å². The Labute approximate surface area is 133 Å². The summed E-state index contributed by atoms with van der Waals surface area (Å²) in [7, 11) is 2.80. The second-order valence-corrected chi connectivity index (χ2v) is 4.51. The molecule has 0 unspecified atom stereocenters. The van der Waals surface area contributed by atoms with E-state index in [0.29, 0.717) is 22.8 Å². The van der Waals surface area contributed by atoms with E-state index in [9.17, 15) is 9.18 Å². The molecule has 122 valence electrons. The summed E-state index contributed by atoms with van der Waals surface area (Å²) in [5, 5.41) is 0. The molecule has 2 aromatic rings. The third kappa shape index (κ3) is 4.60. The Morgan fingerprint density at radius 1 is 0.957 bits per heavy atom. The number of methoxy groups -OCH3 is 2. The molecule has 0 amide bonds. The molecule has 0 saturated carbocycles. The quantitative estimate of drug-likeness (QED) is 0.580. The summed E-state index contributed by atoms with van der Waals surface area (Å²) in [4.78, 5) is 11.5. The topological polar surface area (TPSA) is 54.0 Å². The molecule has 0 bridgehead atoms. The number of hydrogen-bond acceptors (Lipinski definition) is 5. The Morgan fingerprint density at radius 3 is 2.30 bits per heavy atom. The molecule has 0 aromatic heterocycles. The molecular weight excluding hydrogens is 303 g/mol. The van der Waals surface area contributed by atoms with Crippen LogP contribution in [-0.4, -0.2) is 33.4 Å². The van der Waals surface area contributed by atoms with Gasteiger partial charge in [-0.3, -0.25) is 0 Å². The highest BCUT2D eigenvalue weighted by Gasteiger charge is 2.11. The van der Waals surface area contributed by atoms with Crippen molar-refractivity contribution in [3.63, 3.8) is 0 Å². The fraction of sp³-hybridized carbons (Fsp3) is 0.235. The molecule has 0 saturated heterocycles. The minimum Gasteiger partial charge on any atom is -0.493 e. The maximum atomic E-state index is 12.8. The monoisotopic (exact) mass is 320 g/mol. The molecule has 2 aromatic carbocycles. The first kappa shape index (κ1) is 16.6. The van der Waals surface area contributed by atoms with Crippen LogP contribution in [0.25, 0.3) is 0 Å². The van der Waals surface area contributed by atoms with Gasteiger partial charge in [-0.1, -0.05) is 0 Å². The zero-order chi connectivity index (χ0) is 16.7. The van der Waals surface area contributed by atoms with Crippen molar-refractivity contribution in [3.8, 4) is 17.2 Å². The molecule has 0 N–H and O–H groups in total. The first-order valence-corrected chi connectivity index (χ1v) is 6.91. The van der Waals surface area contributed by atoms with Crippen molar-refractivity contribution in [1.82, 2.24) is 0 Å². The summed E-state index contributed by atoms with van der Waals surface area (Å²) in [5.74, 6) is 0.707. The highest BCUT2D eigenvalue weighted by atomic mass is 19.1. The first-order valence-electron chi connectivity index (χ1n) is 6.91. The molecule has 2 rings (SSSR count). The summed E-state index contributed by atoms with van der Waals surface area (Å²) in [6.07, 6.45) is 0. The van der Waals surface area contributed by atoms with Crippen LogP contribution in [0.15, 0.2) is 42.5 Å². The average molecular weight is 320 g/mol. The van der Waals surface area contributed by atoms with E-state index < -0.39 is 5.97 Å². The van der Waals surface area contributed by atoms with Gasteiger partial charge in [0.1, 0.15) is 24.8 Å². The third-order valence-electron chi connectivity index (χ3n) is 3.01. The van der Waals surface area contributed by atoms with Crippen LogP contribution in [-0.2, 0) is 4.74 Å². The molecular formula is C17H17FO5. The van der Waals surface area contributed by atoms with Gasteiger partial charge in [-0.05, 0) is 42.5 Å². The van der Waals surface area contributed by atoms with Crippen molar-refractivity contribution in [3.05, 3.63) is 53.8 Å². The van der Waals surface area contributed by atoms with E-state index in [4.69, 9.17) is 14.2 Å². The molecule has 0 aliphatic carbocycles. The zero-order valence-corrected chi connectivity index (χ0v) is 12.9. The highest BCUT2D eigenvalue weighted by molar-refractivity contribution is 5.90. The Morgan fingerprint density at radius 2 is 1.65 bits per heavy atom. The molecule has 0 fully saturated rings. The molecule has 0 aliphatic heterocycles. The fourth-order valence-electron chi connectivity index (χ4n) is 1.87. The van der Waals surface area contributed by atoms with Gasteiger partial charge in [0.05, 0.1) is 19.8 Å². The van der Waals surface area contributed by atoms with Crippen molar-refractivity contribution in [2.75, 3.05) is 27.4 Å². The van der Waals surface area contributed by atoms with Crippen LogP contribution in [0, 0.1) is 5.82 Å². The number of rotatable bonds is 7. The number of benzene rings is 2. The predicted molar refractivity (Wildman–Crippen MR) is 81.7 cm³/mol. The number of halogens is 1. The minimum absolute atomic E-state index is 0.269. The minimum atomic E-state index is -0.450. The van der Waals surface area contributed by atoms with Crippen LogP contribution in [0.5, 0.6) is 17.2 Å². The molecule has 0 spiro atoms. The lowest BCUT2D eigenvalue weighted by molar-refractivity contribution is 0.0600. The van der Waals surface area contributed by atoms with Gasteiger partial charge >= 0.3 is 5.97 Å². The molecule has 0 heterocycles. The van der Waals surface area contributed by atoms with Gasteiger partial charge in [0, 0.05) is 0 Å². The van der Waals surface area contributed by atoms with Gasteiger partial charge in [0.25, 0.3) is 0 Å². The number of carbonyl (C=O) groups is 1. The lowest BCUT2D eigenvalue weighted by Crippen LogP contribution is -2.10.